The van der Waals surface area contributed by atoms with Gasteiger partial charge >= 0.3 is 0 Å². The second-order valence-corrected chi connectivity index (χ2v) is 9.80. The molecule has 1 heterocycles. The minimum atomic E-state index is -0.687. The maximum absolute atomic E-state index is 13.9. The number of hydrogen-bond acceptors (Lipinski definition) is 3. The summed E-state index contributed by atoms with van der Waals surface area (Å²) in [5.74, 6) is 1.63. The Balaban J connectivity index is 1.51. The zero-order valence-electron chi connectivity index (χ0n) is 15.5. The van der Waals surface area contributed by atoms with Crippen LogP contribution in [0.5, 0.6) is 5.75 Å². The average molecular weight is 389 g/mol. The molecule has 5 nitrogen and oxygen atoms in total. The molecular weight excluding hydrogens is 364 g/mol. The molecule has 4 aliphatic carbocycles. The molecule has 1 N–H and O–H groups in total. The summed E-state index contributed by atoms with van der Waals surface area (Å²) < 4.78 is 5.87. The summed E-state index contributed by atoms with van der Waals surface area (Å²) in [5, 5.41) is 2.64. The normalized spacial score (nSPS) is 38.9. The van der Waals surface area contributed by atoms with E-state index in [0.717, 1.165) is 37.8 Å². The molecule has 0 spiro atoms. The van der Waals surface area contributed by atoms with Gasteiger partial charge in [0.15, 0.2) is 6.10 Å². The summed E-state index contributed by atoms with van der Waals surface area (Å²) in [6, 6.07) is 7.51. The molecule has 0 unspecified atom stereocenters. The van der Waals surface area contributed by atoms with Gasteiger partial charge in [-0.2, -0.15) is 0 Å². The zero-order valence-corrected chi connectivity index (χ0v) is 16.3. The third-order valence-corrected chi connectivity index (χ3v) is 7.44. The Morgan fingerprint density at radius 3 is 2.56 bits per heavy atom. The second kappa shape index (κ2) is 5.87. The van der Waals surface area contributed by atoms with Crippen molar-refractivity contribution in [3.63, 3.8) is 0 Å². The first-order valence-electron chi connectivity index (χ1n) is 9.90. The van der Waals surface area contributed by atoms with E-state index in [1.807, 2.05) is 24.3 Å². The molecule has 5 aliphatic rings. The molecule has 6 rings (SSSR count). The van der Waals surface area contributed by atoms with Crippen molar-refractivity contribution in [1.82, 2.24) is 5.32 Å². The number of nitrogens with one attached hydrogen (secondary N) is 1. The lowest BCUT2D eigenvalue weighted by atomic mass is 9.49. The molecule has 1 aliphatic heterocycles. The molecule has 4 fully saturated rings. The van der Waals surface area contributed by atoms with Crippen LogP contribution in [0.25, 0.3) is 0 Å². The maximum Gasteiger partial charge on any atom is 0.262 e. The molecule has 2 amide bonds. The van der Waals surface area contributed by atoms with Crippen molar-refractivity contribution < 1.29 is 14.3 Å². The SMILES string of the molecule is CNC(=O)[C@@H]1CN(C(=O)C23C[C@H]4C[C@@H](CC(Cl)(C4)C2)C3)c2ccccc2O1. The van der Waals surface area contributed by atoms with E-state index >= 15 is 0 Å². The van der Waals surface area contributed by atoms with Crippen LogP contribution >= 0.6 is 11.6 Å². The number of carbonyl (C=O) groups excluding carboxylic acids is 2. The van der Waals surface area contributed by atoms with Gasteiger partial charge in [-0.1, -0.05) is 12.1 Å². The Morgan fingerprint density at radius 1 is 1.19 bits per heavy atom. The summed E-state index contributed by atoms with van der Waals surface area (Å²) in [6.07, 6.45) is 5.23. The van der Waals surface area contributed by atoms with Gasteiger partial charge in [0.05, 0.1) is 17.6 Å². The number of amides is 2. The van der Waals surface area contributed by atoms with E-state index in [4.69, 9.17) is 16.3 Å². The summed E-state index contributed by atoms with van der Waals surface area (Å²) in [7, 11) is 1.59. The number of alkyl halides is 1. The summed E-state index contributed by atoms with van der Waals surface area (Å²) >= 11 is 6.95. The predicted octanol–water partition coefficient (Wildman–Crippen LogP) is 3.10. The highest BCUT2D eigenvalue weighted by Crippen LogP contribution is 2.64. The number of likely N-dealkylation sites (N-methyl/N-ethyl adjacent to an activating group) is 1. The maximum atomic E-state index is 13.9. The molecule has 4 bridgehead atoms. The Labute approximate surface area is 164 Å². The minimum Gasteiger partial charge on any atom is -0.477 e. The van der Waals surface area contributed by atoms with Gasteiger partial charge in [-0.05, 0) is 62.5 Å². The van der Waals surface area contributed by atoms with Gasteiger partial charge in [0.2, 0.25) is 5.91 Å². The number of rotatable bonds is 2. The van der Waals surface area contributed by atoms with Crippen molar-refractivity contribution in [2.75, 3.05) is 18.5 Å². The standard InChI is InChI=1S/C21H25ClN2O3/c1-23-18(25)17-11-24(15-4-2-3-5-16(15)27-17)19(26)20-7-13-6-14(8-20)10-21(22,9-13)12-20/h2-5,13-14,17H,6-12H2,1H3,(H,23,25)/t13-,14-,17+,20?,21?/m1/s1. The number of benzene rings is 1. The largest absolute Gasteiger partial charge is 0.477 e. The highest BCUT2D eigenvalue weighted by Gasteiger charge is 2.61. The number of carbonyl (C=O) groups is 2. The smallest absolute Gasteiger partial charge is 0.262 e. The van der Waals surface area contributed by atoms with E-state index in [2.05, 4.69) is 5.32 Å². The van der Waals surface area contributed by atoms with E-state index in [9.17, 15) is 9.59 Å². The number of ether oxygens (including phenoxy) is 1. The van der Waals surface area contributed by atoms with E-state index in [-0.39, 0.29) is 28.6 Å². The van der Waals surface area contributed by atoms with Crippen LogP contribution in [0.1, 0.15) is 38.5 Å². The molecule has 0 aromatic heterocycles. The van der Waals surface area contributed by atoms with Crippen LogP contribution in [0.3, 0.4) is 0 Å². The lowest BCUT2D eigenvalue weighted by molar-refractivity contribution is -0.142. The molecule has 27 heavy (non-hydrogen) atoms. The fraction of sp³-hybridized carbons (Fsp3) is 0.619. The number of fused-ring (bicyclic) bond motifs is 1. The van der Waals surface area contributed by atoms with Crippen molar-refractivity contribution in [1.29, 1.82) is 0 Å². The highest BCUT2D eigenvalue weighted by atomic mass is 35.5. The molecule has 1 aromatic rings. The van der Waals surface area contributed by atoms with Crippen LogP contribution in [0.4, 0.5) is 5.69 Å². The topological polar surface area (TPSA) is 58.6 Å². The van der Waals surface area contributed by atoms with Crippen LogP contribution < -0.4 is 15.0 Å². The summed E-state index contributed by atoms with van der Waals surface area (Å²) in [5.41, 5.74) is 0.380. The minimum absolute atomic E-state index is 0.131. The van der Waals surface area contributed by atoms with Crippen molar-refractivity contribution in [3.8, 4) is 5.75 Å². The van der Waals surface area contributed by atoms with Gasteiger partial charge < -0.3 is 15.0 Å². The molecule has 3 atom stereocenters. The van der Waals surface area contributed by atoms with Gasteiger partial charge in [0.1, 0.15) is 5.75 Å². The van der Waals surface area contributed by atoms with Gasteiger partial charge in [-0.25, -0.2) is 0 Å². The second-order valence-electron chi connectivity index (χ2n) is 9.00. The third kappa shape index (κ3) is 2.65. The van der Waals surface area contributed by atoms with Gasteiger partial charge in [0, 0.05) is 11.9 Å². The Morgan fingerprint density at radius 2 is 1.89 bits per heavy atom. The van der Waals surface area contributed by atoms with Crippen LogP contribution in [-0.2, 0) is 9.59 Å². The number of para-hydroxylation sites is 2. The number of hydrogen-bond donors (Lipinski definition) is 1. The first-order chi connectivity index (χ1) is 12.9. The van der Waals surface area contributed by atoms with E-state index < -0.39 is 6.10 Å². The molecule has 4 saturated carbocycles. The predicted molar refractivity (Wildman–Crippen MR) is 103 cm³/mol. The fourth-order valence-electron chi connectivity index (χ4n) is 6.41. The van der Waals surface area contributed by atoms with E-state index in [1.165, 1.54) is 6.42 Å². The van der Waals surface area contributed by atoms with Crippen LogP contribution in [-0.4, -0.2) is 36.4 Å². The molecule has 1 aromatic carbocycles. The molecule has 0 saturated heterocycles. The molecular formula is C21H25ClN2O3. The van der Waals surface area contributed by atoms with Crippen molar-refractivity contribution in [3.05, 3.63) is 24.3 Å². The van der Waals surface area contributed by atoms with Crippen molar-refractivity contribution in [2.45, 2.75) is 49.5 Å². The Kier molecular flexibility index (Phi) is 3.77. The van der Waals surface area contributed by atoms with Gasteiger partial charge in [-0.3, -0.25) is 9.59 Å². The lowest BCUT2D eigenvalue weighted by Gasteiger charge is -2.60. The molecule has 6 heteroatoms. The van der Waals surface area contributed by atoms with Crippen molar-refractivity contribution >= 4 is 29.1 Å². The van der Waals surface area contributed by atoms with Crippen LogP contribution in [0.2, 0.25) is 0 Å². The van der Waals surface area contributed by atoms with Crippen LogP contribution in [0.15, 0.2) is 24.3 Å². The molecule has 0 radical (unpaired) electrons. The summed E-state index contributed by atoms with van der Waals surface area (Å²) in [4.78, 5) is 27.7. The first kappa shape index (κ1) is 17.4. The van der Waals surface area contributed by atoms with E-state index in [0.29, 0.717) is 17.6 Å². The quantitative estimate of drug-likeness (QED) is 0.792. The first-order valence-corrected chi connectivity index (χ1v) is 10.3. The Bertz CT molecular complexity index is 796. The summed E-state index contributed by atoms with van der Waals surface area (Å²) in [6.45, 7) is 0.252. The zero-order chi connectivity index (χ0) is 18.8. The third-order valence-electron chi connectivity index (χ3n) is 7.00. The Hall–Kier alpha value is -1.75. The highest BCUT2D eigenvalue weighted by molar-refractivity contribution is 6.24. The van der Waals surface area contributed by atoms with Gasteiger partial charge in [-0.15, -0.1) is 11.6 Å². The monoisotopic (exact) mass is 388 g/mol. The molecule has 144 valence electrons. The number of anilines is 1. The fourth-order valence-corrected chi connectivity index (χ4v) is 7.10. The van der Waals surface area contributed by atoms with Crippen molar-refractivity contribution in [2.24, 2.45) is 17.3 Å². The average Bonchev–Trinajstić information content (AvgIpc) is 2.64. The number of halogens is 1. The lowest BCUT2D eigenvalue weighted by Crippen LogP contribution is -2.61. The van der Waals surface area contributed by atoms with E-state index in [1.54, 1.807) is 11.9 Å². The van der Waals surface area contributed by atoms with Crippen LogP contribution in [0, 0.1) is 17.3 Å². The van der Waals surface area contributed by atoms with Gasteiger partial charge in [0.25, 0.3) is 5.91 Å². The number of nitrogens with zero attached hydrogens (tertiary/aromatic N) is 1.